The van der Waals surface area contributed by atoms with E-state index in [-0.39, 0.29) is 29.8 Å². The van der Waals surface area contributed by atoms with Gasteiger partial charge in [0, 0.05) is 12.1 Å². The molecule has 1 rings (SSSR count). The molecule has 0 aliphatic carbocycles. The number of ether oxygens (including phenoxy) is 2. The zero-order chi connectivity index (χ0) is 22.8. The molecule has 0 aliphatic rings. The minimum Gasteiger partial charge on any atom is -0.493 e. The van der Waals surface area contributed by atoms with Crippen LogP contribution in [0.25, 0.3) is 0 Å². The second kappa shape index (κ2) is 12.0. The Balaban J connectivity index is 2.61. The van der Waals surface area contributed by atoms with Crippen LogP contribution in [0.2, 0.25) is 0 Å². The summed E-state index contributed by atoms with van der Waals surface area (Å²) in [7, 11) is 0. The first-order valence-electron chi connectivity index (χ1n) is 11.3. The molecule has 0 saturated carbocycles. The maximum atomic E-state index is 11.7. The van der Waals surface area contributed by atoms with E-state index in [9.17, 15) is 9.59 Å². The third-order valence-corrected chi connectivity index (χ3v) is 6.02. The number of benzene rings is 1. The highest BCUT2D eigenvalue weighted by Gasteiger charge is 2.26. The zero-order valence-electron chi connectivity index (χ0n) is 20.0. The molecule has 0 heterocycles. The molecule has 170 valence electrons. The quantitative estimate of drug-likeness (QED) is 0.268. The molecule has 0 bridgehead atoms. The summed E-state index contributed by atoms with van der Waals surface area (Å²) in [5, 5.41) is 2.75. The number of hydrogen-bond acceptors (Lipinski definition) is 4. The first kappa shape index (κ1) is 26.0. The number of carbonyl (C=O) groups is 2. The maximum Gasteiger partial charge on any atom is 0.315 e. The lowest BCUT2D eigenvalue weighted by Crippen LogP contribution is -2.27. The van der Waals surface area contributed by atoms with E-state index in [0.29, 0.717) is 13.2 Å². The predicted octanol–water partition coefficient (Wildman–Crippen LogP) is 5.29. The maximum absolute atomic E-state index is 11.7. The van der Waals surface area contributed by atoms with Gasteiger partial charge in [-0.2, -0.15) is 0 Å². The highest BCUT2D eigenvalue weighted by atomic mass is 16.5. The fourth-order valence-electron chi connectivity index (χ4n) is 3.04. The van der Waals surface area contributed by atoms with Gasteiger partial charge >= 0.3 is 5.97 Å². The first-order valence-corrected chi connectivity index (χ1v) is 11.3. The molecule has 1 amide bonds. The molecule has 0 unspecified atom stereocenters. The third-order valence-electron chi connectivity index (χ3n) is 6.02. The van der Waals surface area contributed by atoms with Crippen LogP contribution >= 0.6 is 0 Å². The van der Waals surface area contributed by atoms with Gasteiger partial charge in [0.1, 0.15) is 12.2 Å². The molecular weight excluding hydrogens is 378 g/mol. The number of esters is 1. The molecule has 0 aliphatic heterocycles. The van der Waals surface area contributed by atoms with Crippen molar-refractivity contribution in [2.45, 2.75) is 91.4 Å². The zero-order valence-corrected chi connectivity index (χ0v) is 20.0. The average molecular weight is 420 g/mol. The molecular formula is C25H41NO4. The minimum atomic E-state index is -0.487. The molecule has 0 radical (unpaired) electrons. The lowest BCUT2D eigenvalue weighted by atomic mass is 9.76. The van der Waals surface area contributed by atoms with Crippen LogP contribution in [0, 0.1) is 0 Å². The van der Waals surface area contributed by atoms with E-state index in [1.807, 2.05) is 0 Å². The average Bonchev–Trinajstić information content (AvgIpc) is 2.70. The van der Waals surface area contributed by atoms with E-state index < -0.39 is 5.97 Å². The summed E-state index contributed by atoms with van der Waals surface area (Å²) in [6.07, 6.45) is 3.52. The van der Waals surface area contributed by atoms with Crippen LogP contribution in [0.5, 0.6) is 5.75 Å². The van der Waals surface area contributed by atoms with Crippen molar-refractivity contribution in [1.29, 1.82) is 0 Å². The van der Waals surface area contributed by atoms with Gasteiger partial charge in [-0.15, -0.1) is 0 Å². The highest BCUT2D eigenvalue weighted by molar-refractivity contribution is 5.94. The smallest absolute Gasteiger partial charge is 0.315 e. The second-order valence-electron chi connectivity index (χ2n) is 9.07. The Morgan fingerprint density at radius 1 is 0.967 bits per heavy atom. The van der Waals surface area contributed by atoms with Crippen LogP contribution in [-0.4, -0.2) is 31.6 Å². The van der Waals surface area contributed by atoms with Crippen LogP contribution in [0.15, 0.2) is 18.2 Å². The van der Waals surface area contributed by atoms with Gasteiger partial charge in [-0.25, -0.2) is 0 Å². The minimum absolute atomic E-state index is 0.0379. The van der Waals surface area contributed by atoms with Crippen molar-refractivity contribution in [3.63, 3.8) is 0 Å². The summed E-state index contributed by atoms with van der Waals surface area (Å²) >= 11 is 0. The van der Waals surface area contributed by atoms with Crippen molar-refractivity contribution in [1.82, 2.24) is 5.32 Å². The Morgan fingerprint density at radius 2 is 1.63 bits per heavy atom. The summed E-state index contributed by atoms with van der Waals surface area (Å²) in [6, 6.07) is 6.61. The van der Waals surface area contributed by atoms with E-state index in [1.165, 1.54) is 11.1 Å². The van der Waals surface area contributed by atoms with Crippen molar-refractivity contribution in [3.8, 4) is 5.75 Å². The molecule has 0 spiro atoms. The van der Waals surface area contributed by atoms with Gasteiger partial charge in [0.05, 0.1) is 13.2 Å². The van der Waals surface area contributed by atoms with E-state index in [0.717, 1.165) is 31.4 Å². The van der Waals surface area contributed by atoms with Crippen LogP contribution in [0.4, 0.5) is 0 Å². The molecule has 0 aromatic heterocycles. The van der Waals surface area contributed by atoms with Gasteiger partial charge in [0.25, 0.3) is 0 Å². The molecule has 0 atom stereocenters. The Kier molecular flexibility index (Phi) is 10.4. The topological polar surface area (TPSA) is 64.6 Å². The van der Waals surface area contributed by atoms with Crippen molar-refractivity contribution >= 4 is 11.9 Å². The lowest BCUT2D eigenvalue weighted by Gasteiger charge is -2.30. The van der Waals surface area contributed by atoms with Crippen LogP contribution in [0.3, 0.4) is 0 Å². The molecule has 5 heteroatoms. The molecule has 5 nitrogen and oxygen atoms in total. The first-order chi connectivity index (χ1) is 14.1. The van der Waals surface area contributed by atoms with Crippen LogP contribution in [0.1, 0.15) is 91.7 Å². The van der Waals surface area contributed by atoms with Gasteiger partial charge < -0.3 is 14.8 Å². The van der Waals surface area contributed by atoms with E-state index in [4.69, 9.17) is 9.47 Å². The fraction of sp³-hybridized carbons (Fsp3) is 0.680. The van der Waals surface area contributed by atoms with E-state index in [2.05, 4.69) is 65.1 Å². The summed E-state index contributed by atoms with van der Waals surface area (Å²) in [6.45, 7) is 16.6. The number of hydrogen-bond donors (Lipinski definition) is 1. The summed E-state index contributed by atoms with van der Waals surface area (Å²) in [5.74, 6) is 0.165. The van der Waals surface area contributed by atoms with Gasteiger partial charge in [-0.05, 0) is 55.1 Å². The summed E-state index contributed by atoms with van der Waals surface area (Å²) < 4.78 is 10.9. The van der Waals surface area contributed by atoms with Crippen LogP contribution < -0.4 is 10.1 Å². The van der Waals surface area contributed by atoms with Crippen LogP contribution in [-0.2, 0) is 25.2 Å². The molecule has 30 heavy (non-hydrogen) atoms. The number of carbonyl (C=O) groups excluding carboxylic acids is 2. The standard InChI is InChI=1S/C25H41NO4/c1-8-24(4,5)19-13-14-21(20(17-19)25(6,7)9-2)30-16-12-11-15-26-22(27)18-23(28)29-10-3/h13-14,17H,8-12,15-16,18H2,1-7H3,(H,26,27). The lowest BCUT2D eigenvalue weighted by molar-refractivity contribution is -0.145. The number of amides is 1. The normalized spacial score (nSPS) is 11.8. The summed E-state index contributed by atoms with van der Waals surface area (Å²) in [5.41, 5.74) is 2.78. The SMILES string of the molecule is CCOC(=O)CC(=O)NCCCCOc1ccc(C(C)(C)CC)cc1C(C)(C)CC. The second-order valence-corrected chi connectivity index (χ2v) is 9.07. The van der Waals surface area contributed by atoms with Gasteiger partial charge in [0.15, 0.2) is 0 Å². The summed E-state index contributed by atoms with van der Waals surface area (Å²) in [4.78, 5) is 23.0. The van der Waals surface area contributed by atoms with Gasteiger partial charge in [-0.3, -0.25) is 9.59 Å². The number of rotatable bonds is 13. The largest absolute Gasteiger partial charge is 0.493 e. The Hall–Kier alpha value is -2.04. The van der Waals surface area contributed by atoms with Crippen molar-refractivity contribution < 1.29 is 19.1 Å². The fourth-order valence-corrected chi connectivity index (χ4v) is 3.04. The monoisotopic (exact) mass is 419 g/mol. The van der Waals surface area contributed by atoms with E-state index in [1.54, 1.807) is 6.92 Å². The van der Waals surface area contributed by atoms with Crippen molar-refractivity contribution in [3.05, 3.63) is 29.3 Å². The van der Waals surface area contributed by atoms with Gasteiger partial charge in [-0.1, -0.05) is 53.7 Å². The number of nitrogens with one attached hydrogen (secondary N) is 1. The molecule has 1 aromatic carbocycles. The molecule has 1 aromatic rings. The Morgan fingerprint density at radius 3 is 2.23 bits per heavy atom. The Labute approximate surface area is 182 Å². The Bertz CT molecular complexity index is 694. The third kappa shape index (κ3) is 8.00. The molecule has 0 saturated heterocycles. The van der Waals surface area contributed by atoms with Crippen molar-refractivity contribution in [2.75, 3.05) is 19.8 Å². The molecule has 1 N–H and O–H groups in total. The molecule has 0 fully saturated rings. The predicted molar refractivity (Wildman–Crippen MR) is 122 cm³/mol. The highest BCUT2D eigenvalue weighted by Crippen LogP contribution is 2.38. The number of unbranched alkanes of at least 4 members (excludes halogenated alkanes) is 1. The van der Waals surface area contributed by atoms with Gasteiger partial charge in [0.2, 0.25) is 5.91 Å². The van der Waals surface area contributed by atoms with E-state index >= 15 is 0 Å². The van der Waals surface area contributed by atoms with Crippen molar-refractivity contribution in [2.24, 2.45) is 0 Å².